The van der Waals surface area contributed by atoms with E-state index in [-0.39, 0.29) is 11.5 Å². The second-order valence-electron chi connectivity index (χ2n) is 5.01. The Labute approximate surface area is 139 Å². The van der Waals surface area contributed by atoms with Crippen molar-refractivity contribution in [2.45, 2.75) is 18.4 Å². The van der Waals surface area contributed by atoms with E-state index in [0.29, 0.717) is 24.4 Å². The van der Waals surface area contributed by atoms with Crippen molar-refractivity contribution in [3.05, 3.63) is 58.0 Å². The van der Waals surface area contributed by atoms with E-state index in [0.717, 1.165) is 10.6 Å². The fourth-order valence-electron chi connectivity index (χ4n) is 2.23. The zero-order valence-electron chi connectivity index (χ0n) is 13.5. The molecule has 5 nitrogen and oxygen atoms in total. The Balaban J connectivity index is 1.96. The molecule has 122 valence electrons. The molecule has 0 aliphatic heterocycles. The molecule has 2 rings (SSSR count). The summed E-state index contributed by atoms with van der Waals surface area (Å²) in [6, 6.07) is 10.7. The van der Waals surface area contributed by atoms with Gasteiger partial charge in [-0.2, -0.15) is 0 Å². The predicted octanol–water partition coefficient (Wildman–Crippen LogP) is 2.32. The number of aromatic nitrogens is 1. The van der Waals surface area contributed by atoms with Gasteiger partial charge >= 0.3 is 0 Å². The number of nitrogens with zero attached hydrogens (tertiary/aromatic N) is 1. The lowest BCUT2D eigenvalue weighted by molar-refractivity contribution is 0.0952. The smallest absolute Gasteiger partial charge is 0.254 e. The Morgan fingerprint density at radius 1 is 1.26 bits per heavy atom. The zero-order chi connectivity index (χ0) is 16.8. The van der Waals surface area contributed by atoms with Crippen molar-refractivity contribution >= 4 is 17.7 Å². The number of aryl methyl sites for hydroxylation is 1. The Morgan fingerprint density at radius 3 is 2.52 bits per heavy atom. The Morgan fingerprint density at radius 2 is 1.96 bits per heavy atom. The largest absolute Gasteiger partial charge is 0.496 e. The van der Waals surface area contributed by atoms with Gasteiger partial charge in [0.05, 0.1) is 7.11 Å². The van der Waals surface area contributed by atoms with Crippen LogP contribution in [-0.4, -0.2) is 30.4 Å². The van der Waals surface area contributed by atoms with Crippen LogP contribution >= 0.6 is 11.8 Å². The maximum absolute atomic E-state index is 12.1. The summed E-state index contributed by atoms with van der Waals surface area (Å²) in [5.74, 6) is 0.401. The lowest BCUT2D eigenvalue weighted by Gasteiger charge is -2.12. The highest BCUT2D eigenvalue weighted by Crippen LogP contribution is 2.14. The van der Waals surface area contributed by atoms with Crippen LogP contribution in [0.25, 0.3) is 0 Å². The Bertz CT molecular complexity index is 738. The first-order valence-corrected chi connectivity index (χ1v) is 8.45. The first-order chi connectivity index (χ1) is 11.0. The average Bonchev–Trinajstić information content (AvgIpc) is 2.56. The molecule has 1 aromatic heterocycles. The number of hydrogen-bond donors (Lipinski definition) is 1. The first kappa shape index (κ1) is 17.1. The maximum Gasteiger partial charge on any atom is 0.254 e. The van der Waals surface area contributed by atoms with Crippen molar-refractivity contribution in [2.75, 3.05) is 19.9 Å². The molecule has 0 unspecified atom stereocenters. The molecule has 1 heterocycles. The number of thioether (sulfide) groups is 1. The summed E-state index contributed by atoms with van der Waals surface area (Å²) < 4.78 is 6.68. The maximum atomic E-state index is 12.1. The van der Waals surface area contributed by atoms with Crippen molar-refractivity contribution < 1.29 is 9.53 Å². The Kier molecular flexibility index (Phi) is 5.87. The lowest BCUT2D eigenvalue weighted by Crippen LogP contribution is -2.31. The third-order valence-electron chi connectivity index (χ3n) is 3.52. The van der Waals surface area contributed by atoms with Gasteiger partial charge in [0.2, 0.25) is 0 Å². The van der Waals surface area contributed by atoms with Crippen molar-refractivity contribution in [3.63, 3.8) is 0 Å². The highest BCUT2D eigenvalue weighted by Gasteiger charge is 2.07. The number of amides is 1. The summed E-state index contributed by atoms with van der Waals surface area (Å²) in [6.45, 7) is 2.65. The normalized spacial score (nSPS) is 10.4. The molecule has 1 aromatic carbocycles. The van der Waals surface area contributed by atoms with E-state index in [1.165, 1.54) is 13.2 Å². The molecule has 0 atom stereocenters. The molecular formula is C17H20N2O3S. The van der Waals surface area contributed by atoms with Crippen molar-refractivity contribution in [3.8, 4) is 5.75 Å². The number of rotatable bonds is 6. The molecule has 0 aliphatic rings. The molecule has 0 spiro atoms. The van der Waals surface area contributed by atoms with Crippen LogP contribution in [0, 0.1) is 6.92 Å². The number of methoxy groups -OCH3 is 1. The molecule has 1 N–H and O–H groups in total. The van der Waals surface area contributed by atoms with Gasteiger partial charge in [0.25, 0.3) is 11.5 Å². The van der Waals surface area contributed by atoms with Gasteiger partial charge in [-0.25, -0.2) is 0 Å². The number of carbonyl (C=O) groups is 1. The molecular weight excluding hydrogens is 312 g/mol. The van der Waals surface area contributed by atoms with Gasteiger partial charge in [-0.3, -0.25) is 9.59 Å². The van der Waals surface area contributed by atoms with Crippen LogP contribution in [0.2, 0.25) is 0 Å². The van der Waals surface area contributed by atoms with Gasteiger partial charge in [0.1, 0.15) is 5.75 Å². The fourth-order valence-corrected chi connectivity index (χ4v) is 2.64. The highest BCUT2D eigenvalue weighted by molar-refractivity contribution is 7.98. The molecule has 0 radical (unpaired) electrons. The van der Waals surface area contributed by atoms with Crippen LogP contribution in [-0.2, 0) is 6.54 Å². The number of benzene rings is 1. The molecule has 0 saturated heterocycles. The van der Waals surface area contributed by atoms with E-state index in [1.54, 1.807) is 34.5 Å². The first-order valence-electron chi connectivity index (χ1n) is 7.23. The van der Waals surface area contributed by atoms with Crippen molar-refractivity contribution in [2.24, 2.45) is 0 Å². The van der Waals surface area contributed by atoms with E-state index in [9.17, 15) is 9.59 Å². The van der Waals surface area contributed by atoms with Crippen LogP contribution in [0.1, 0.15) is 16.1 Å². The van der Waals surface area contributed by atoms with Crippen LogP contribution < -0.4 is 15.6 Å². The van der Waals surface area contributed by atoms with Gasteiger partial charge in [-0.15, -0.1) is 11.8 Å². The van der Waals surface area contributed by atoms with Gasteiger partial charge < -0.3 is 14.6 Å². The summed E-state index contributed by atoms with van der Waals surface area (Å²) in [4.78, 5) is 25.2. The van der Waals surface area contributed by atoms with Gasteiger partial charge in [0, 0.05) is 35.3 Å². The third kappa shape index (κ3) is 4.39. The minimum atomic E-state index is -0.142. The molecule has 6 heteroatoms. The van der Waals surface area contributed by atoms with E-state index in [2.05, 4.69) is 5.32 Å². The molecule has 0 aliphatic carbocycles. The molecule has 0 fully saturated rings. The number of nitrogens with one attached hydrogen (secondary N) is 1. The van der Waals surface area contributed by atoms with Crippen LogP contribution in [0.15, 0.2) is 46.1 Å². The number of carbonyl (C=O) groups excluding carboxylic acids is 1. The van der Waals surface area contributed by atoms with E-state index in [1.807, 2.05) is 25.3 Å². The van der Waals surface area contributed by atoms with Crippen LogP contribution in [0.5, 0.6) is 5.75 Å². The minimum absolute atomic E-state index is 0.138. The number of ether oxygens (including phenoxy) is 1. The van der Waals surface area contributed by atoms with E-state index in [4.69, 9.17) is 4.74 Å². The highest BCUT2D eigenvalue weighted by atomic mass is 32.2. The minimum Gasteiger partial charge on any atom is -0.496 e. The molecule has 0 bridgehead atoms. The average molecular weight is 332 g/mol. The van der Waals surface area contributed by atoms with Crippen molar-refractivity contribution in [1.82, 2.24) is 9.88 Å². The topological polar surface area (TPSA) is 60.3 Å². The third-order valence-corrected chi connectivity index (χ3v) is 4.26. The molecule has 1 amide bonds. The molecule has 23 heavy (non-hydrogen) atoms. The second-order valence-corrected chi connectivity index (χ2v) is 5.89. The Hall–Kier alpha value is -2.21. The van der Waals surface area contributed by atoms with Gasteiger partial charge in [-0.1, -0.05) is 0 Å². The molecule has 0 saturated carbocycles. The van der Waals surface area contributed by atoms with Crippen LogP contribution in [0.4, 0.5) is 0 Å². The summed E-state index contributed by atoms with van der Waals surface area (Å²) in [5.41, 5.74) is 1.27. The number of hydrogen-bond acceptors (Lipinski definition) is 4. The summed E-state index contributed by atoms with van der Waals surface area (Å²) in [6.07, 6.45) is 1.99. The second kappa shape index (κ2) is 7.87. The lowest BCUT2D eigenvalue weighted by atomic mass is 10.2. The predicted molar refractivity (Wildman–Crippen MR) is 92.5 cm³/mol. The monoisotopic (exact) mass is 332 g/mol. The number of pyridine rings is 1. The van der Waals surface area contributed by atoms with Gasteiger partial charge in [0.15, 0.2) is 0 Å². The van der Waals surface area contributed by atoms with E-state index >= 15 is 0 Å². The summed E-state index contributed by atoms with van der Waals surface area (Å²) in [7, 11) is 1.53. The standard InChI is InChI=1S/C17H20N2O3S/c1-12-10-14(22-2)11-16(20)19(12)9-8-18-17(21)13-4-6-15(23-3)7-5-13/h4-7,10-11H,8-9H2,1-3H3,(H,18,21). The summed E-state index contributed by atoms with van der Waals surface area (Å²) in [5, 5.41) is 2.83. The SMILES string of the molecule is COc1cc(C)n(CCNC(=O)c2ccc(SC)cc2)c(=O)c1. The van der Waals surface area contributed by atoms with Crippen molar-refractivity contribution in [1.29, 1.82) is 0 Å². The summed E-state index contributed by atoms with van der Waals surface area (Å²) >= 11 is 1.63. The quantitative estimate of drug-likeness (QED) is 0.825. The van der Waals surface area contributed by atoms with E-state index < -0.39 is 0 Å². The van der Waals surface area contributed by atoms with Crippen LogP contribution in [0.3, 0.4) is 0 Å². The zero-order valence-corrected chi connectivity index (χ0v) is 14.3. The molecule has 2 aromatic rings. The van der Waals surface area contributed by atoms with Gasteiger partial charge in [-0.05, 0) is 43.5 Å². The fraction of sp³-hybridized carbons (Fsp3) is 0.294.